The van der Waals surface area contributed by atoms with E-state index in [1.807, 2.05) is 64.1 Å². The number of nitrogens with zero attached hydrogens (tertiary/aromatic N) is 3. The van der Waals surface area contributed by atoms with Crippen LogP contribution in [0.5, 0.6) is 5.75 Å². The van der Waals surface area contributed by atoms with Gasteiger partial charge in [-0.25, -0.2) is 0 Å². The predicted octanol–water partition coefficient (Wildman–Crippen LogP) is 6.44. The number of fused-ring (bicyclic) bond motifs is 1. The van der Waals surface area contributed by atoms with Gasteiger partial charge in [-0.3, -0.25) is 19.4 Å². The molecule has 40 heavy (non-hydrogen) atoms. The van der Waals surface area contributed by atoms with E-state index in [0.717, 1.165) is 68.3 Å². The largest absolute Gasteiger partial charge is 0.494 e. The van der Waals surface area contributed by atoms with Crippen molar-refractivity contribution in [2.75, 3.05) is 55.9 Å². The van der Waals surface area contributed by atoms with Crippen molar-refractivity contribution < 1.29 is 19.1 Å². The molecule has 2 aromatic carbocycles. The number of esters is 1. The van der Waals surface area contributed by atoms with Gasteiger partial charge in [-0.05, 0) is 69.3 Å². The van der Waals surface area contributed by atoms with Crippen LogP contribution in [0.15, 0.2) is 36.4 Å². The molecule has 0 aromatic heterocycles. The van der Waals surface area contributed by atoms with Crippen molar-refractivity contribution in [1.29, 1.82) is 0 Å². The van der Waals surface area contributed by atoms with E-state index in [-0.39, 0.29) is 24.5 Å². The topological polar surface area (TPSA) is 62.3 Å². The molecule has 1 saturated heterocycles. The van der Waals surface area contributed by atoms with E-state index in [4.69, 9.17) is 32.7 Å². The monoisotopic (exact) mass is 589 g/mol. The Bertz CT molecular complexity index is 1200. The number of rotatable bonds is 11. The normalized spacial score (nSPS) is 16.3. The number of anilines is 2. The lowest BCUT2D eigenvalue weighted by Crippen LogP contribution is -2.46. The number of halogens is 2. The molecule has 0 N–H and O–H groups in total. The Hall–Kier alpha value is -2.48. The molecule has 4 rings (SSSR count). The maximum absolute atomic E-state index is 12.7. The van der Waals surface area contributed by atoms with Crippen molar-refractivity contribution in [1.82, 2.24) is 4.90 Å². The fourth-order valence-electron chi connectivity index (χ4n) is 4.87. The minimum Gasteiger partial charge on any atom is -0.494 e. The van der Waals surface area contributed by atoms with Crippen molar-refractivity contribution >= 4 is 46.5 Å². The predicted molar refractivity (Wildman–Crippen MR) is 162 cm³/mol. The number of unbranched alkanes of at least 4 members (excludes halogenated alkanes) is 1. The van der Waals surface area contributed by atoms with Crippen LogP contribution in [0.2, 0.25) is 10.0 Å². The molecule has 0 aliphatic carbocycles. The van der Waals surface area contributed by atoms with Gasteiger partial charge >= 0.3 is 5.97 Å². The molecule has 2 aliphatic heterocycles. The Kier molecular flexibility index (Phi) is 10.3. The highest BCUT2D eigenvalue weighted by molar-refractivity contribution is 6.43. The molecule has 7 nitrogen and oxygen atoms in total. The number of amides is 1. The average Bonchev–Trinajstić information content (AvgIpc) is 2.94. The summed E-state index contributed by atoms with van der Waals surface area (Å²) in [5.74, 6) is 0.503. The fourth-order valence-corrected chi connectivity index (χ4v) is 5.29. The molecule has 0 saturated carbocycles. The lowest BCUT2D eigenvalue weighted by Gasteiger charge is -2.36. The van der Waals surface area contributed by atoms with Crippen LogP contribution in [-0.4, -0.2) is 62.8 Å². The summed E-state index contributed by atoms with van der Waals surface area (Å²) in [6, 6.07) is 11.6. The van der Waals surface area contributed by atoms with E-state index in [2.05, 4.69) is 9.80 Å². The minimum atomic E-state index is -0.621. The van der Waals surface area contributed by atoms with E-state index < -0.39 is 5.41 Å². The smallest absolute Gasteiger partial charge is 0.313 e. The molecule has 2 aromatic rings. The van der Waals surface area contributed by atoms with Crippen LogP contribution < -0.4 is 14.5 Å². The van der Waals surface area contributed by atoms with E-state index in [0.29, 0.717) is 29.5 Å². The summed E-state index contributed by atoms with van der Waals surface area (Å²) >= 11 is 12.6. The first-order valence-electron chi connectivity index (χ1n) is 14.2. The molecular formula is C31H41Cl2N3O4. The van der Waals surface area contributed by atoms with E-state index >= 15 is 0 Å². The molecule has 218 valence electrons. The van der Waals surface area contributed by atoms with E-state index in [1.54, 1.807) is 4.90 Å². The summed E-state index contributed by atoms with van der Waals surface area (Å²) in [7, 11) is 0. The van der Waals surface area contributed by atoms with Crippen molar-refractivity contribution in [3.63, 3.8) is 0 Å². The highest BCUT2D eigenvalue weighted by atomic mass is 35.5. The van der Waals surface area contributed by atoms with Gasteiger partial charge in [0, 0.05) is 38.7 Å². The molecule has 1 fully saturated rings. The zero-order valence-electron chi connectivity index (χ0n) is 24.1. The van der Waals surface area contributed by atoms with Crippen LogP contribution in [0.25, 0.3) is 0 Å². The summed E-state index contributed by atoms with van der Waals surface area (Å²) in [5, 5.41) is 1.22. The maximum Gasteiger partial charge on any atom is 0.313 e. The molecule has 1 amide bonds. The summed E-state index contributed by atoms with van der Waals surface area (Å²) in [6.45, 7) is 13.1. The number of benzene rings is 2. The van der Waals surface area contributed by atoms with Gasteiger partial charge in [0.05, 0.1) is 33.4 Å². The molecule has 2 aliphatic rings. The van der Waals surface area contributed by atoms with Gasteiger partial charge in [-0.15, -0.1) is 0 Å². The second-order valence-corrected chi connectivity index (χ2v) is 12.3. The first-order chi connectivity index (χ1) is 19.1. The van der Waals surface area contributed by atoms with Crippen LogP contribution in [0, 0.1) is 11.3 Å². The molecule has 0 unspecified atom stereocenters. The first-order valence-corrected chi connectivity index (χ1v) is 15.0. The Labute approximate surface area is 248 Å². The van der Waals surface area contributed by atoms with E-state index in [1.165, 1.54) is 0 Å². The Morgan fingerprint density at radius 3 is 2.48 bits per heavy atom. The summed E-state index contributed by atoms with van der Waals surface area (Å²) in [4.78, 5) is 31.7. The van der Waals surface area contributed by atoms with Gasteiger partial charge in [0.25, 0.3) is 0 Å². The molecular weight excluding hydrogens is 549 g/mol. The lowest BCUT2D eigenvalue weighted by atomic mass is 9.81. The summed E-state index contributed by atoms with van der Waals surface area (Å²) in [5.41, 5.74) is 2.21. The highest BCUT2D eigenvalue weighted by Gasteiger charge is 2.34. The Morgan fingerprint density at radius 1 is 1.00 bits per heavy atom. The van der Waals surface area contributed by atoms with Crippen LogP contribution >= 0.6 is 23.2 Å². The quantitative estimate of drug-likeness (QED) is 0.222. The van der Waals surface area contributed by atoms with Gasteiger partial charge in [0.1, 0.15) is 5.75 Å². The van der Waals surface area contributed by atoms with Gasteiger partial charge in [0.2, 0.25) is 5.91 Å². The highest BCUT2D eigenvalue weighted by Crippen LogP contribution is 2.34. The number of piperazine rings is 1. The molecule has 0 spiro atoms. The van der Waals surface area contributed by atoms with E-state index in [9.17, 15) is 9.59 Å². The third kappa shape index (κ3) is 7.23. The van der Waals surface area contributed by atoms with Gasteiger partial charge in [-0.2, -0.15) is 0 Å². The number of hydrogen-bond donors (Lipinski definition) is 0. The van der Waals surface area contributed by atoms with Crippen LogP contribution in [-0.2, 0) is 20.7 Å². The van der Waals surface area contributed by atoms with Gasteiger partial charge < -0.3 is 14.4 Å². The zero-order chi connectivity index (χ0) is 28.9. The first kappa shape index (κ1) is 30.5. The third-order valence-electron chi connectivity index (χ3n) is 8.33. The molecule has 2 heterocycles. The second kappa shape index (κ2) is 13.5. The summed E-state index contributed by atoms with van der Waals surface area (Å²) < 4.78 is 11.6. The number of ether oxygens (including phenoxy) is 2. The van der Waals surface area contributed by atoms with Crippen LogP contribution in [0.4, 0.5) is 11.4 Å². The molecule has 0 bridgehead atoms. The Balaban J connectivity index is 1.22. The summed E-state index contributed by atoms with van der Waals surface area (Å²) in [6.07, 6.45) is 3.04. The zero-order valence-corrected chi connectivity index (χ0v) is 25.6. The third-order valence-corrected chi connectivity index (χ3v) is 9.14. The fraction of sp³-hybridized carbons (Fsp3) is 0.548. The van der Waals surface area contributed by atoms with Crippen molar-refractivity contribution in [2.24, 2.45) is 11.3 Å². The number of carbonyl (C=O) groups is 2. The van der Waals surface area contributed by atoms with Crippen molar-refractivity contribution in [2.45, 2.75) is 53.4 Å². The van der Waals surface area contributed by atoms with Crippen molar-refractivity contribution in [3.8, 4) is 5.75 Å². The van der Waals surface area contributed by atoms with Crippen LogP contribution in [0.3, 0.4) is 0 Å². The number of aryl methyl sites for hydroxylation is 1. The molecule has 0 atom stereocenters. The van der Waals surface area contributed by atoms with Crippen LogP contribution in [0.1, 0.15) is 52.5 Å². The standard InChI is InChI=1S/C31H41Cl2N3O4/c1-22(2)31(3,4)30(38)40-21-36-27-20-24(12-10-23(27)11-13-28(36)37)39-19-6-5-14-34-15-17-35(18-16-34)26-9-7-8-25(32)29(26)33/h7-10,12,20,22H,5-6,11,13-19,21H2,1-4H3. The maximum atomic E-state index is 12.7. The number of carbonyl (C=O) groups excluding carboxylic acids is 2. The Morgan fingerprint density at radius 2 is 1.75 bits per heavy atom. The molecule has 0 radical (unpaired) electrons. The lowest BCUT2D eigenvalue weighted by molar-refractivity contribution is -0.156. The number of hydrogen-bond acceptors (Lipinski definition) is 6. The van der Waals surface area contributed by atoms with Crippen molar-refractivity contribution in [3.05, 3.63) is 52.0 Å². The minimum absolute atomic E-state index is 0.0440. The molecule has 9 heteroatoms. The van der Waals surface area contributed by atoms with Gasteiger partial charge in [-0.1, -0.05) is 49.2 Å². The SMILES string of the molecule is CC(C)C(C)(C)C(=O)OCN1C(=O)CCc2ccc(OCCCCN3CCN(c4cccc(Cl)c4Cl)CC3)cc21. The second-order valence-electron chi connectivity index (χ2n) is 11.5. The van der Waals surface area contributed by atoms with Gasteiger partial charge in [0.15, 0.2) is 6.73 Å². The average molecular weight is 591 g/mol.